The van der Waals surface area contributed by atoms with Crippen LogP contribution in [0, 0.1) is 11.8 Å². The number of halogens is 3. The van der Waals surface area contributed by atoms with Crippen molar-refractivity contribution in [3.05, 3.63) is 33.8 Å². The van der Waals surface area contributed by atoms with E-state index in [9.17, 15) is 4.79 Å². The van der Waals surface area contributed by atoms with Gasteiger partial charge in [0.1, 0.15) is 0 Å². The fourth-order valence-corrected chi connectivity index (χ4v) is 3.88. The average molecular weight is 364 g/mol. The fraction of sp³-hybridized carbons (Fsp3) is 0.562. The Bertz CT molecular complexity index is 552. The molecule has 1 amide bonds. The molecule has 0 spiro atoms. The van der Waals surface area contributed by atoms with E-state index in [1.54, 1.807) is 6.07 Å². The lowest BCUT2D eigenvalue weighted by atomic mass is 10.0. The van der Waals surface area contributed by atoms with Gasteiger partial charge in [-0.2, -0.15) is 0 Å². The average Bonchev–Trinajstić information content (AvgIpc) is 3.15. The van der Waals surface area contributed by atoms with E-state index >= 15 is 0 Å². The maximum atomic E-state index is 12.4. The lowest BCUT2D eigenvalue weighted by molar-refractivity contribution is -0.123. The van der Waals surface area contributed by atoms with Crippen molar-refractivity contribution >= 4 is 41.5 Å². The van der Waals surface area contributed by atoms with E-state index in [0.717, 1.165) is 31.2 Å². The minimum atomic E-state index is 0. The molecule has 4 unspecified atom stereocenters. The summed E-state index contributed by atoms with van der Waals surface area (Å²) in [7, 11) is 0. The zero-order valence-corrected chi connectivity index (χ0v) is 14.6. The fourth-order valence-electron chi connectivity index (χ4n) is 3.43. The van der Waals surface area contributed by atoms with Gasteiger partial charge in [0.25, 0.3) is 0 Å². The predicted molar refractivity (Wildman–Crippen MR) is 92.9 cm³/mol. The molecule has 3 rings (SSSR count). The minimum Gasteiger partial charge on any atom is -0.353 e. The quantitative estimate of drug-likeness (QED) is 0.855. The molecule has 4 atom stereocenters. The number of hydrogen-bond donors (Lipinski definition) is 2. The highest BCUT2D eigenvalue weighted by Gasteiger charge is 2.46. The monoisotopic (exact) mass is 362 g/mol. The van der Waals surface area contributed by atoms with Crippen molar-refractivity contribution in [3.63, 3.8) is 0 Å². The molecule has 2 aliphatic rings. The molecule has 2 aliphatic carbocycles. The molecule has 0 saturated heterocycles. The van der Waals surface area contributed by atoms with Crippen LogP contribution in [0.15, 0.2) is 18.2 Å². The van der Waals surface area contributed by atoms with Gasteiger partial charge < -0.3 is 11.1 Å². The number of amides is 1. The molecule has 0 heterocycles. The number of rotatable bonds is 4. The van der Waals surface area contributed by atoms with E-state index in [1.807, 2.05) is 12.1 Å². The molecule has 22 heavy (non-hydrogen) atoms. The molecule has 0 aromatic heterocycles. The Morgan fingerprint density at radius 3 is 2.82 bits per heavy atom. The second-order valence-electron chi connectivity index (χ2n) is 6.13. The standard InChI is InChI=1S/C16H20Cl2N2O.ClH/c17-13-5-2-4-10(15(13)18)11-7-12(11)16(21)20-14-6-1-3-9(14)8-19;/h2,4-5,9,11-12,14H,1,3,6-8,19H2,(H,20,21);1H. The second kappa shape index (κ2) is 7.39. The first-order valence-electron chi connectivity index (χ1n) is 7.56. The van der Waals surface area contributed by atoms with Gasteiger partial charge in [0, 0.05) is 12.0 Å². The van der Waals surface area contributed by atoms with Crippen molar-refractivity contribution in [1.29, 1.82) is 0 Å². The van der Waals surface area contributed by atoms with Crippen molar-refractivity contribution in [3.8, 4) is 0 Å². The third kappa shape index (κ3) is 3.53. The molecule has 1 aromatic rings. The summed E-state index contributed by atoms with van der Waals surface area (Å²) in [5, 5.41) is 4.32. The molecule has 2 saturated carbocycles. The Balaban J connectivity index is 0.00000176. The van der Waals surface area contributed by atoms with Gasteiger partial charge in [0.05, 0.1) is 10.0 Å². The minimum absolute atomic E-state index is 0. The van der Waals surface area contributed by atoms with Crippen molar-refractivity contribution in [2.75, 3.05) is 6.54 Å². The summed E-state index contributed by atoms with van der Waals surface area (Å²) in [5.41, 5.74) is 6.75. The summed E-state index contributed by atoms with van der Waals surface area (Å²) < 4.78 is 0. The van der Waals surface area contributed by atoms with Crippen LogP contribution in [0.4, 0.5) is 0 Å². The van der Waals surface area contributed by atoms with Crippen molar-refractivity contribution in [1.82, 2.24) is 5.32 Å². The van der Waals surface area contributed by atoms with Crippen LogP contribution < -0.4 is 11.1 Å². The molecule has 2 fully saturated rings. The predicted octanol–water partition coefficient (Wildman–Crippen LogP) is 3.76. The Morgan fingerprint density at radius 1 is 1.32 bits per heavy atom. The van der Waals surface area contributed by atoms with Gasteiger partial charge in [0.15, 0.2) is 0 Å². The van der Waals surface area contributed by atoms with E-state index in [0.29, 0.717) is 22.5 Å². The zero-order valence-electron chi connectivity index (χ0n) is 12.2. The highest BCUT2D eigenvalue weighted by molar-refractivity contribution is 6.42. The second-order valence-corrected chi connectivity index (χ2v) is 6.92. The number of hydrogen-bond acceptors (Lipinski definition) is 2. The summed E-state index contributed by atoms with van der Waals surface area (Å²) in [6.07, 6.45) is 4.17. The number of benzene rings is 1. The third-order valence-electron chi connectivity index (χ3n) is 4.80. The molecule has 0 bridgehead atoms. The van der Waals surface area contributed by atoms with Gasteiger partial charge in [-0.1, -0.05) is 41.8 Å². The molecular formula is C16H21Cl3N2O. The molecule has 3 N–H and O–H groups in total. The highest BCUT2D eigenvalue weighted by atomic mass is 35.5. The van der Waals surface area contributed by atoms with E-state index in [2.05, 4.69) is 5.32 Å². The van der Waals surface area contributed by atoms with Crippen molar-refractivity contribution in [2.45, 2.75) is 37.6 Å². The number of carbonyl (C=O) groups excluding carboxylic acids is 1. The number of carbonyl (C=O) groups is 1. The lowest BCUT2D eigenvalue weighted by Gasteiger charge is -2.19. The first kappa shape index (κ1) is 17.9. The summed E-state index contributed by atoms with van der Waals surface area (Å²) in [6, 6.07) is 5.87. The Kier molecular flexibility index (Phi) is 6.00. The normalized spacial score (nSPS) is 29.8. The molecule has 0 aliphatic heterocycles. The van der Waals surface area contributed by atoms with E-state index in [1.165, 1.54) is 0 Å². The molecule has 3 nitrogen and oxygen atoms in total. The summed E-state index contributed by atoms with van der Waals surface area (Å²) in [6.45, 7) is 0.652. The van der Waals surface area contributed by atoms with E-state index < -0.39 is 0 Å². The third-order valence-corrected chi connectivity index (χ3v) is 5.63. The Morgan fingerprint density at radius 2 is 2.09 bits per heavy atom. The van der Waals surface area contributed by atoms with Gasteiger partial charge in [0.2, 0.25) is 5.91 Å². The first-order valence-corrected chi connectivity index (χ1v) is 8.31. The highest BCUT2D eigenvalue weighted by Crippen LogP contribution is 2.50. The van der Waals surface area contributed by atoms with Crippen LogP contribution in [-0.4, -0.2) is 18.5 Å². The SMILES string of the molecule is Cl.NCC1CCCC1NC(=O)C1CC1c1cccc(Cl)c1Cl. The molecule has 6 heteroatoms. The largest absolute Gasteiger partial charge is 0.353 e. The maximum Gasteiger partial charge on any atom is 0.223 e. The van der Waals surface area contributed by atoms with Crippen molar-refractivity contribution < 1.29 is 4.79 Å². The van der Waals surface area contributed by atoms with Crippen LogP contribution in [0.3, 0.4) is 0 Å². The lowest BCUT2D eigenvalue weighted by Crippen LogP contribution is -2.40. The zero-order chi connectivity index (χ0) is 15.0. The van der Waals surface area contributed by atoms with Crippen LogP contribution in [-0.2, 0) is 4.79 Å². The van der Waals surface area contributed by atoms with Crippen LogP contribution in [0.5, 0.6) is 0 Å². The maximum absolute atomic E-state index is 12.4. The smallest absolute Gasteiger partial charge is 0.223 e. The summed E-state index contributed by atoms with van der Waals surface area (Å²) >= 11 is 12.3. The van der Waals surface area contributed by atoms with Crippen LogP contribution >= 0.6 is 35.6 Å². The number of nitrogens with one attached hydrogen (secondary N) is 1. The van der Waals surface area contributed by atoms with Crippen LogP contribution in [0.2, 0.25) is 10.0 Å². The molecule has 1 aromatic carbocycles. The Hall–Kier alpha value is -0.480. The van der Waals surface area contributed by atoms with Gasteiger partial charge in [-0.25, -0.2) is 0 Å². The Labute approximate surface area is 147 Å². The molecule has 0 radical (unpaired) electrons. The van der Waals surface area contributed by atoms with Gasteiger partial charge in [-0.05, 0) is 49.3 Å². The van der Waals surface area contributed by atoms with Gasteiger partial charge >= 0.3 is 0 Å². The molecule has 122 valence electrons. The first-order chi connectivity index (χ1) is 10.1. The van der Waals surface area contributed by atoms with Crippen LogP contribution in [0.1, 0.15) is 37.2 Å². The summed E-state index contributed by atoms with van der Waals surface area (Å²) in [4.78, 5) is 12.4. The van der Waals surface area contributed by atoms with E-state index in [-0.39, 0.29) is 36.2 Å². The summed E-state index contributed by atoms with van der Waals surface area (Å²) in [5.74, 6) is 0.802. The van der Waals surface area contributed by atoms with E-state index in [4.69, 9.17) is 28.9 Å². The van der Waals surface area contributed by atoms with Gasteiger partial charge in [-0.3, -0.25) is 4.79 Å². The molecular weight excluding hydrogens is 343 g/mol. The van der Waals surface area contributed by atoms with Crippen LogP contribution in [0.25, 0.3) is 0 Å². The topological polar surface area (TPSA) is 55.1 Å². The van der Waals surface area contributed by atoms with Gasteiger partial charge in [-0.15, -0.1) is 12.4 Å². The number of nitrogens with two attached hydrogens (primary N) is 1. The van der Waals surface area contributed by atoms with Crippen molar-refractivity contribution in [2.24, 2.45) is 17.6 Å².